The van der Waals surface area contributed by atoms with Gasteiger partial charge in [-0.2, -0.15) is 0 Å². The molecule has 5 heteroatoms. The summed E-state index contributed by atoms with van der Waals surface area (Å²) in [6.45, 7) is 0. The first-order chi connectivity index (χ1) is 11.1. The van der Waals surface area contributed by atoms with E-state index in [2.05, 4.69) is 27.8 Å². The van der Waals surface area contributed by atoms with Crippen LogP contribution in [-0.2, 0) is 0 Å². The molecule has 23 heavy (non-hydrogen) atoms. The van der Waals surface area contributed by atoms with Gasteiger partial charge in [-0.05, 0) is 42.3 Å². The third-order valence-electron chi connectivity index (χ3n) is 4.47. The molecule has 1 saturated carbocycles. The zero-order valence-corrected chi connectivity index (χ0v) is 14.5. The van der Waals surface area contributed by atoms with E-state index in [4.69, 9.17) is 0 Å². The number of carbonyl (C=O) groups is 1. The summed E-state index contributed by atoms with van der Waals surface area (Å²) >= 11 is 1.73. The van der Waals surface area contributed by atoms with E-state index in [0.29, 0.717) is 11.5 Å². The Bertz CT molecular complexity index is 648. The van der Waals surface area contributed by atoms with Gasteiger partial charge in [0, 0.05) is 30.7 Å². The highest BCUT2D eigenvalue weighted by Gasteiger charge is 2.28. The fraction of sp³-hybridized carbons (Fsp3) is 0.444. The molecule has 0 aromatic carbocycles. The Morgan fingerprint density at radius 2 is 2.13 bits per heavy atom. The first-order valence-corrected chi connectivity index (χ1v) is 9.01. The molecule has 3 rings (SSSR count). The Morgan fingerprint density at radius 1 is 1.35 bits per heavy atom. The minimum Gasteiger partial charge on any atom is -0.363 e. The minimum atomic E-state index is -0.0131. The number of rotatable bonds is 5. The molecular formula is C18H23N3OS. The standard InChI is InChI=1S/C18H23N3OS/c1-21(2)16-12-14(9-10-19-16)18(22)20-17(13-6-3-4-7-13)15-8-5-11-23-15/h5,8-13,17H,3-4,6-7H2,1-2H3,(H,20,22). The molecule has 1 aliphatic rings. The number of amides is 1. The lowest BCUT2D eigenvalue weighted by molar-refractivity contribution is 0.0922. The smallest absolute Gasteiger partial charge is 0.251 e. The third-order valence-corrected chi connectivity index (χ3v) is 5.43. The molecule has 1 aliphatic carbocycles. The molecule has 0 bridgehead atoms. The van der Waals surface area contributed by atoms with Crippen molar-refractivity contribution in [3.8, 4) is 0 Å². The van der Waals surface area contributed by atoms with Gasteiger partial charge in [0.2, 0.25) is 0 Å². The average molecular weight is 329 g/mol. The lowest BCUT2D eigenvalue weighted by Crippen LogP contribution is -2.32. The van der Waals surface area contributed by atoms with Gasteiger partial charge in [0.15, 0.2) is 0 Å². The van der Waals surface area contributed by atoms with Crippen LogP contribution in [0.5, 0.6) is 0 Å². The van der Waals surface area contributed by atoms with Crippen LogP contribution in [0, 0.1) is 5.92 Å². The van der Waals surface area contributed by atoms with Crippen LogP contribution >= 0.6 is 11.3 Å². The van der Waals surface area contributed by atoms with E-state index in [0.717, 1.165) is 5.82 Å². The predicted octanol–water partition coefficient (Wildman–Crippen LogP) is 3.87. The summed E-state index contributed by atoms with van der Waals surface area (Å²) in [6.07, 6.45) is 6.62. The highest BCUT2D eigenvalue weighted by atomic mass is 32.1. The summed E-state index contributed by atoms with van der Waals surface area (Å²) in [5, 5.41) is 5.35. The molecule has 1 N–H and O–H groups in total. The van der Waals surface area contributed by atoms with Gasteiger partial charge in [-0.3, -0.25) is 4.79 Å². The van der Waals surface area contributed by atoms with Crippen LogP contribution in [0.25, 0.3) is 0 Å². The highest BCUT2D eigenvalue weighted by molar-refractivity contribution is 7.10. The zero-order chi connectivity index (χ0) is 16.2. The molecule has 2 aromatic rings. The molecule has 2 heterocycles. The number of carbonyl (C=O) groups excluding carboxylic acids is 1. The van der Waals surface area contributed by atoms with E-state index in [1.165, 1.54) is 30.6 Å². The third kappa shape index (κ3) is 3.72. The quantitative estimate of drug-likeness (QED) is 0.905. The molecule has 1 fully saturated rings. The van der Waals surface area contributed by atoms with Gasteiger partial charge in [0.25, 0.3) is 5.91 Å². The van der Waals surface area contributed by atoms with Gasteiger partial charge in [0.1, 0.15) is 5.82 Å². The lowest BCUT2D eigenvalue weighted by Gasteiger charge is -2.24. The second-order valence-electron chi connectivity index (χ2n) is 6.31. The number of hydrogen-bond acceptors (Lipinski definition) is 4. The van der Waals surface area contributed by atoms with Gasteiger partial charge in [-0.1, -0.05) is 18.9 Å². The van der Waals surface area contributed by atoms with E-state index in [1.807, 2.05) is 25.1 Å². The van der Waals surface area contributed by atoms with Crippen molar-refractivity contribution in [3.05, 3.63) is 46.3 Å². The molecule has 0 spiro atoms. The maximum atomic E-state index is 12.7. The van der Waals surface area contributed by atoms with Crippen LogP contribution in [0.15, 0.2) is 35.8 Å². The molecule has 1 atom stereocenters. The Balaban J connectivity index is 1.79. The molecule has 0 radical (unpaired) electrons. The highest BCUT2D eigenvalue weighted by Crippen LogP contribution is 2.37. The topological polar surface area (TPSA) is 45.2 Å². The van der Waals surface area contributed by atoms with Crippen molar-refractivity contribution in [1.82, 2.24) is 10.3 Å². The molecule has 1 amide bonds. The number of thiophene rings is 1. The van der Waals surface area contributed by atoms with Crippen LogP contribution in [0.4, 0.5) is 5.82 Å². The van der Waals surface area contributed by atoms with E-state index in [-0.39, 0.29) is 11.9 Å². The predicted molar refractivity (Wildman–Crippen MR) is 95.0 cm³/mol. The van der Waals surface area contributed by atoms with Crippen LogP contribution < -0.4 is 10.2 Å². The van der Waals surface area contributed by atoms with E-state index in [1.54, 1.807) is 23.6 Å². The number of anilines is 1. The van der Waals surface area contributed by atoms with Gasteiger partial charge < -0.3 is 10.2 Å². The second kappa shape index (κ2) is 7.13. The molecule has 1 unspecified atom stereocenters. The fourth-order valence-electron chi connectivity index (χ4n) is 3.21. The molecule has 0 aliphatic heterocycles. The first-order valence-electron chi connectivity index (χ1n) is 8.13. The summed E-state index contributed by atoms with van der Waals surface area (Å²) < 4.78 is 0. The van der Waals surface area contributed by atoms with Gasteiger partial charge in [0.05, 0.1) is 6.04 Å². The largest absolute Gasteiger partial charge is 0.363 e. The van der Waals surface area contributed by atoms with Gasteiger partial charge in [-0.25, -0.2) is 4.98 Å². The number of nitrogens with one attached hydrogen (secondary N) is 1. The zero-order valence-electron chi connectivity index (χ0n) is 13.7. The lowest BCUT2D eigenvalue weighted by atomic mass is 9.96. The van der Waals surface area contributed by atoms with Crippen LogP contribution in [0.2, 0.25) is 0 Å². The van der Waals surface area contributed by atoms with Crippen LogP contribution in [0.3, 0.4) is 0 Å². The first kappa shape index (κ1) is 16.0. The Hall–Kier alpha value is -1.88. The maximum Gasteiger partial charge on any atom is 0.251 e. The van der Waals surface area contributed by atoms with Crippen LogP contribution in [0.1, 0.15) is 47.0 Å². The van der Waals surface area contributed by atoms with Crippen molar-refractivity contribution in [2.75, 3.05) is 19.0 Å². The van der Waals surface area contributed by atoms with Crippen LogP contribution in [-0.4, -0.2) is 25.0 Å². The van der Waals surface area contributed by atoms with Crippen molar-refractivity contribution in [1.29, 1.82) is 0 Å². The summed E-state index contributed by atoms with van der Waals surface area (Å²) in [5.41, 5.74) is 0.670. The Kier molecular flexibility index (Phi) is 4.96. The van der Waals surface area contributed by atoms with E-state index >= 15 is 0 Å². The average Bonchev–Trinajstić information content (AvgIpc) is 3.26. The van der Waals surface area contributed by atoms with E-state index in [9.17, 15) is 4.79 Å². The van der Waals surface area contributed by atoms with Crippen molar-refractivity contribution < 1.29 is 4.79 Å². The number of nitrogens with zero attached hydrogens (tertiary/aromatic N) is 2. The van der Waals surface area contributed by atoms with Crippen molar-refractivity contribution in [2.24, 2.45) is 5.92 Å². The minimum absolute atomic E-state index is 0.0131. The molecule has 122 valence electrons. The number of pyridine rings is 1. The van der Waals surface area contributed by atoms with Crippen molar-refractivity contribution >= 4 is 23.1 Å². The monoisotopic (exact) mass is 329 g/mol. The van der Waals surface area contributed by atoms with Gasteiger partial charge in [-0.15, -0.1) is 11.3 Å². The molecular weight excluding hydrogens is 306 g/mol. The Morgan fingerprint density at radius 3 is 2.78 bits per heavy atom. The number of hydrogen-bond donors (Lipinski definition) is 1. The normalized spacial score (nSPS) is 16.3. The van der Waals surface area contributed by atoms with Gasteiger partial charge >= 0.3 is 0 Å². The summed E-state index contributed by atoms with van der Waals surface area (Å²) in [7, 11) is 3.86. The fourth-order valence-corrected chi connectivity index (χ4v) is 4.08. The molecule has 2 aromatic heterocycles. The summed E-state index contributed by atoms with van der Waals surface area (Å²) in [4.78, 5) is 20.2. The molecule has 4 nitrogen and oxygen atoms in total. The Labute approximate surface area is 141 Å². The van der Waals surface area contributed by atoms with Crippen molar-refractivity contribution in [2.45, 2.75) is 31.7 Å². The molecule has 0 saturated heterocycles. The number of aromatic nitrogens is 1. The summed E-state index contributed by atoms with van der Waals surface area (Å²) in [6, 6.07) is 7.94. The SMILES string of the molecule is CN(C)c1cc(C(=O)NC(c2cccs2)C2CCCC2)ccn1. The maximum absolute atomic E-state index is 12.7. The summed E-state index contributed by atoms with van der Waals surface area (Å²) in [5.74, 6) is 1.33. The van der Waals surface area contributed by atoms with Crippen molar-refractivity contribution in [3.63, 3.8) is 0 Å². The van der Waals surface area contributed by atoms with E-state index < -0.39 is 0 Å². The second-order valence-corrected chi connectivity index (χ2v) is 7.29.